The van der Waals surface area contributed by atoms with Crippen LogP contribution in [0, 0.1) is 11.8 Å². The Bertz CT molecular complexity index is 1840. The molecule has 244 valence electrons. The van der Waals surface area contributed by atoms with Crippen LogP contribution in [-0.2, 0) is 57.7 Å². The second-order valence-electron chi connectivity index (χ2n) is 12.7. The van der Waals surface area contributed by atoms with Crippen molar-refractivity contribution in [2.45, 2.75) is 51.4 Å². The largest absolute Gasteiger partial charge is 0.356 e. The summed E-state index contributed by atoms with van der Waals surface area (Å²) in [7, 11) is 0. The Morgan fingerprint density at radius 3 is 1.52 bits per heavy atom. The summed E-state index contributed by atoms with van der Waals surface area (Å²) in [6.07, 6.45) is 9.79. The smallest absolute Gasteiger partial charge is 0.331 e. The zero-order chi connectivity index (χ0) is 32.8. The van der Waals surface area contributed by atoms with Crippen LogP contribution in [0.3, 0.4) is 0 Å². The molecule has 4 aromatic rings. The van der Waals surface area contributed by atoms with Crippen molar-refractivity contribution >= 4 is 35.1 Å². The number of imidazole rings is 2. The van der Waals surface area contributed by atoms with Gasteiger partial charge in [-0.3, -0.25) is 9.59 Å². The highest BCUT2D eigenvalue weighted by atomic mass is 16.7. The van der Waals surface area contributed by atoms with E-state index in [2.05, 4.69) is 22.1 Å². The van der Waals surface area contributed by atoms with Crippen LogP contribution < -0.4 is 19.5 Å². The highest BCUT2D eigenvalue weighted by Crippen LogP contribution is 2.34. The molecule has 0 bridgehead atoms. The number of anilines is 2. The van der Waals surface area contributed by atoms with Gasteiger partial charge in [-0.25, -0.2) is 19.6 Å². The number of para-hydroxylation sites is 2. The first-order chi connectivity index (χ1) is 23.4. The van der Waals surface area contributed by atoms with E-state index in [9.17, 15) is 19.2 Å². The lowest BCUT2D eigenvalue weighted by Gasteiger charge is -2.26. The molecule has 2 aromatic heterocycles. The Balaban J connectivity index is 0.843. The molecular weight excluding hydrogens is 612 g/mol. The Hall–Kier alpha value is -5.52. The van der Waals surface area contributed by atoms with Gasteiger partial charge in [-0.1, -0.05) is 36.4 Å². The van der Waals surface area contributed by atoms with Crippen LogP contribution in [0.1, 0.15) is 46.7 Å². The maximum Gasteiger partial charge on any atom is 0.356 e. The van der Waals surface area contributed by atoms with Crippen LogP contribution in [0.4, 0.5) is 11.4 Å². The molecule has 12 heteroatoms. The van der Waals surface area contributed by atoms with Crippen molar-refractivity contribution in [3.05, 3.63) is 107 Å². The normalized spacial score (nSPS) is 19.4. The number of fused-ring (bicyclic) bond motifs is 4. The molecule has 0 saturated carbocycles. The van der Waals surface area contributed by atoms with Crippen molar-refractivity contribution in [3.63, 3.8) is 0 Å². The standard InChI is InChI=1S/C36H34N6O6/c43-33(47-41-21-37-27-19-25(9-11-31(27)41)35(45)39-17-15-23-5-1-3-7-29(23)39)13-14-34(44)48-42-22-38-28-20-26(10-12-32(28)42)36(46)40-18-16-24-6-2-4-8-30(24)40/h1-8,13-14,21-22,25-26H,9-12,15-20H2/b14-13+. The zero-order valence-electron chi connectivity index (χ0n) is 26.3. The first-order valence-corrected chi connectivity index (χ1v) is 16.4. The number of amides is 2. The highest BCUT2D eigenvalue weighted by molar-refractivity contribution is 5.98. The lowest BCUT2D eigenvalue weighted by atomic mass is 9.88. The van der Waals surface area contributed by atoms with Crippen LogP contribution in [0.5, 0.6) is 0 Å². The van der Waals surface area contributed by atoms with Gasteiger partial charge in [0.05, 0.1) is 22.8 Å². The fourth-order valence-electron chi connectivity index (χ4n) is 7.47. The van der Waals surface area contributed by atoms with E-state index >= 15 is 0 Å². The molecule has 0 radical (unpaired) electrons. The average Bonchev–Trinajstić information content (AvgIpc) is 3.92. The van der Waals surface area contributed by atoms with E-state index in [-0.39, 0.29) is 23.7 Å². The minimum atomic E-state index is -0.767. The summed E-state index contributed by atoms with van der Waals surface area (Å²) in [4.78, 5) is 75.4. The van der Waals surface area contributed by atoms with E-state index in [0.717, 1.165) is 59.1 Å². The lowest BCUT2D eigenvalue weighted by molar-refractivity contribution is -0.141. The first kappa shape index (κ1) is 29.9. The monoisotopic (exact) mass is 646 g/mol. The fourth-order valence-corrected chi connectivity index (χ4v) is 7.47. The van der Waals surface area contributed by atoms with Crippen molar-refractivity contribution in [2.24, 2.45) is 11.8 Å². The van der Waals surface area contributed by atoms with Gasteiger partial charge in [-0.05, 0) is 61.8 Å². The molecule has 0 spiro atoms. The second kappa shape index (κ2) is 12.3. The quantitative estimate of drug-likeness (QED) is 0.293. The van der Waals surface area contributed by atoms with Gasteiger partial charge in [-0.15, -0.1) is 0 Å². The maximum atomic E-state index is 13.4. The van der Waals surface area contributed by atoms with Crippen molar-refractivity contribution in [3.8, 4) is 0 Å². The van der Waals surface area contributed by atoms with E-state index in [1.54, 1.807) is 0 Å². The number of hydrogen-bond acceptors (Lipinski definition) is 8. The van der Waals surface area contributed by atoms with Crippen LogP contribution >= 0.6 is 0 Å². The third-order valence-electron chi connectivity index (χ3n) is 9.91. The molecule has 2 amide bonds. The third kappa shape index (κ3) is 5.46. The molecule has 4 heterocycles. The number of carbonyl (C=O) groups excluding carboxylic acids is 4. The molecule has 2 aliphatic heterocycles. The third-order valence-corrected chi connectivity index (χ3v) is 9.91. The average molecular weight is 647 g/mol. The van der Waals surface area contributed by atoms with Crippen LogP contribution in [0.2, 0.25) is 0 Å². The second-order valence-corrected chi connectivity index (χ2v) is 12.7. The Morgan fingerprint density at radius 1 is 0.625 bits per heavy atom. The van der Waals surface area contributed by atoms with E-state index < -0.39 is 11.9 Å². The molecule has 2 aliphatic carbocycles. The topological polar surface area (TPSA) is 129 Å². The molecule has 0 fully saturated rings. The van der Waals surface area contributed by atoms with Crippen molar-refractivity contribution < 1.29 is 28.9 Å². The SMILES string of the molecule is O=C(/C=C/C(=O)On1cnc2c1CCC(C(=O)N1CCc3ccccc31)C2)On1cnc2c1CCC(C(=O)N1CCc3ccccc31)C2. The molecule has 8 rings (SSSR count). The molecule has 2 atom stereocenters. The fraction of sp³-hybridized carbons (Fsp3) is 0.333. The molecule has 4 aliphatic rings. The Morgan fingerprint density at radius 2 is 1.06 bits per heavy atom. The predicted molar refractivity (Wildman–Crippen MR) is 173 cm³/mol. The van der Waals surface area contributed by atoms with Gasteiger partial charge >= 0.3 is 11.9 Å². The molecule has 0 saturated heterocycles. The number of benzene rings is 2. The number of aromatic nitrogens is 4. The van der Waals surface area contributed by atoms with Gasteiger partial charge in [0.1, 0.15) is 12.7 Å². The van der Waals surface area contributed by atoms with Gasteiger partial charge in [-0.2, -0.15) is 9.46 Å². The minimum Gasteiger partial charge on any atom is -0.331 e. The van der Waals surface area contributed by atoms with Crippen molar-refractivity contribution in [1.82, 2.24) is 19.4 Å². The summed E-state index contributed by atoms with van der Waals surface area (Å²) in [5, 5.41) is 0. The van der Waals surface area contributed by atoms with E-state index in [4.69, 9.17) is 9.68 Å². The molecule has 2 unspecified atom stereocenters. The Kier molecular flexibility index (Phi) is 7.62. The predicted octanol–water partition coefficient (Wildman–Crippen LogP) is 2.63. The van der Waals surface area contributed by atoms with Crippen LogP contribution in [0.25, 0.3) is 0 Å². The Labute approximate surface area is 276 Å². The van der Waals surface area contributed by atoms with Gasteiger partial charge in [0.15, 0.2) is 0 Å². The molecular formula is C36H34N6O6. The number of rotatable bonds is 6. The van der Waals surface area contributed by atoms with Crippen LogP contribution in [0.15, 0.2) is 73.3 Å². The van der Waals surface area contributed by atoms with Crippen LogP contribution in [-0.4, -0.2) is 56.3 Å². The summed E-state index contributed by atoms with van der Waals surface area (Å²) in [6, 6.07) is 16.0. The summed E-state index contributed by atoms with van der Waals surface area (Å²) in [5.74, 6) is -1.73. The van der Waals surface area contributed by atoms with Gasteiger partial charge in [0.25, 0.3) is 0 Å². The van der Waals surface area contributed by atoms with Gasteiger partial charge in [0.2, 0.25) is 11.8 Å². The van der Waals surface area contributed by atoms with Crippen molar-refractivity contribution in [1.29, 1.82) is 0 Å². The zero-order valence-corrected chi connectivity index (χ0v) is 26.3. The summed E-state index contributed by atoms with van der Waals surface area (Å²) in [5.41, 5.74) is 7.26. The number of hydrogen-bond donors (Lipinski definition) is 0. The van der Waals surface area contributed by atoms with E-state index in [1.807, 2.05) is 46.2 Å². The van der Waals surface area contributed by atoms with E-state index in [0.29, 0.717) is 51.6 Å². The number of carbonyl (C=O) groups is 4. The molecule has 0 N–H and O–H groups in total. The summed E-state index contributed by atoms with van der Waals surface area (Å²) in [6.45, 7) is 1.36. The van der Waals surface area contributed by atoms with E-state index in [1.165, 1.54) is 33.2 Å². The first-order valence-electron chi connectivity index (χ1n) is 16.4. The lowest BCUT2D eigenvalue weighted by Crippen LogP contribution is -2.38. The molecule has 48 heavy (non-hydrogen) atoms. The maximum absolute atomic E-state index is 13.4. The molecule has 2 aromatic carbocycles. The number of nitrogens with zero attached hydrogens (tertiary/aromatic N) is 6. The summed E-state index contributed by atoms with van der Waals surface area (Å²) >= 11 is 0. The van der Waals surface area contributed by atoms with Crippen molar-refractivity contribution in [2.75, 3.05) is 22.9 Å². The van der Waals surface area contributed by atoms with Gasteiger partial charge < -0.3 is 19.5 Å². The summed E-state index contributed by atoms with van der Waals surface area (Å²) < 4.78 is 2.62. The highest BCUT2D eigenvalue weighted by Gasteiger charge is 2.36. The molecule has 12 nitrogen and oxygen atoms in total. The van der Waals surface area contributed by atoms with Gasteiger partial charge in [0, 0.05) is 61.3 Å². The minimum absolute atomic E-state index is 0.0966.